The van der Waals surface area contributed by atoms with Gasteiger partial charge in [-0.2, -0.15) is 0 Å². The van der Waals surface area contributed by atoms with Crippen molar-refractivity contribution in [1.82, 2.24) is 4.90 Å². The molecular weight excluding hydrogens is 198 g/mol. The van der Waals surface area contributed by atoms with Gasteiger partial charge in [0.25, 0.3) is 0 Å². The molecule has 0 atom stereocenters. The number of nitrogens with zero attached hydrogens (tertiary/aromatic N) is 1. The molecule has 0 bridgehead atoms. The van der Waals surface area contributed by atoms with E-state index in [0.717, 1.165) is 24.2 Å². The average molecular weight is 215 g/mol. The second kappa shape index (κ2) is 4.62. The lowest BCUT2D eigenvalue weighted by Gasteiger charge is -2.23. The van der Waals surface area contributed by atoms with Crippen molar-refractivity contribution in [2.45, 2.75) is 13.3 Å². The Morgan fingerprint density at radius 1 is 1.31 bits per heavy atom. The van der Waals surface area contributed by atoms with E-state index in [1.165, 1.54) is 5.56 Å². The predicted molar refractivity (Wildman–Crippen MR) is 66.3 cm³/mol. The van der Waals surface area contributed by atoms with Gasteiger partial charge in [0, 0.05) is 25.1 Å². The maximum atomic E-state index is 11.8. The molecule has 1 fully saturated rings. The highest BCUT2D eigenvalue weighted by atomic mass is 16.1. The van der Waals surface area contributed by atoms with Crippen LogP contribution in [0, 0.1) is 6.92 Å². The molecule has 1 heterocycles. The number of benzene rings is 1. The van der Waals surface area contributed by atoms with Crippen molar-refractivity contribution in [3.8, 4) is 0 Å². The molecule has 0 N–H and O–H groups in total. The molecule has 0 saturated carbocycles. The molecule has 1 aromatic rings. The van der Waals surface area contributed by atoms with E-state index >= 15 is 0 Å². The SMILES string of the molecule is Cc1ccccc1/C=C1\CN(C)CCC1=O. The zero-order chi connectivity index (χ0) is 11.5. The minimum Gasteiger partial charge on any atom is -0.302 e. The molecule has 1 aliphatic heterocycles. The highest BCUT2D eigenvalue weighted by molar-refractivity contribution is 6.00. The van der Waals surface area contributed by atoms with Gasteiger partial charge in [-0.25, -0.2) is 0 Å². The smallest absolute Gasteiger partial charge is 0.161 e. The number of aryl methyl sites for hydroxylation is 1. The average Bonchev–Trinajstić information content (AvgIpc) is 2.27. The maximum absolute atomic E-state index is 11.8. The molecule has 2 rings (SSSR count). The van der Waals surface area contributed by atoms with Crippen molar-refractivity contribution in [3.63, 3.8) is 0 Å². The molecule has 0 spiro atoms. The number of piperidine rings is 1. The fraction of sp³-hybridized carbons (Fsp3) is 0.357. The summed E-state index contributed by atoms with van der Waals surface area (Å²) in [6.07, 6.45) is 2.68. The van der Waals surface area contributed by atoms with E-state index in [4.69, 9.17) is 0 Å². The summed E-state index contributed by atoms with van der Waals surface area (Å²) >= 11 is 0. The van der Waals surface area contributed by atoms with Crippen molar-refractivity contribution in [1.29, 1.82) is 0 Å². The normalized spacial score (nSPS) is 20.4. The fourth-order valence-electron chi connectivity index (χ4n) is 1.97. The van der Waals surface area contributed by atoms with Crippen LogP contribution in [0.5, 0.6) is 0 Å². The Kier molecular flexibility index (Phi) is 3.20. The highest BCUT2D eigenvalue weighted by Gasteiger charge is 2.18. The Morgan fingerprint density at radius 2 is 2.06 bits per heavy atom. The van der Waals surface area contributed by atoms with E-state index < -0.39 is 0 Å². The first-order valence-corrected chi connectivity index (χ1v) is 5.65. The molecule has 0 aromatic heterocycles. The van der Waals surface area contributed by atoms with E-state index in [1.54, 1.807) is 0 Å². The van der Waals surface area contributed by atoms with E-state index in [2.05, 4.69) is 31.0 Å². The predicted octanol–water partition coefficient (Wildman–Crippen LogP) is 2.28. The van der Waals surface area contributed by atoms with Crippen LogP contribution in [0.1, 0.15) is 17.5 Å². The summed E-state index contributed by atoms with van der Waals surface area (Å²) in [4.78, 5) is 13.9. The van der Waals surface area contributed by atoms with Gasteiger partial charge in [0.1, 0.15) is 0 Å². The second-order valence-electron chi connectivity index (χ2n) is 4.44. The van der Waals surface area contributed by atoms with Gasteiger partial charge in [-0.3, -0.25) is 4.79 Å². The zero-order valence-corrected chi connectivity index (χ0v) is 9.86. The third kappa shape index (κ3) is 2.39. The third-order valence-corrected chi connectivity index (χ3v) is 3.04. The molecule has 0 unspecified atom stereocenters. The summed E-state index contributed by atoms with van der Waals surface area (Å²) in [5, 5.41) is 0. The maximum Gasteiger partial charge on any atom is 0.161 e. The lowest BCUT2D eigenvalue weighted by atomic mass is 9.99. The van der Waals surface area contributed by atoms with Gasteiger partial charge in [-0.1, -0.05) is 24.3 Å². The number of likely N-dealkylation sites (tertiary alicyclic amines) is 1. The Labute approximate surface area is 96.6 Å². The van der Waals surface area contributed by atoms with Crippen LogP contribution in [0.15, 0.2) is 29.8 Å². The van der Waals surface area contributed by atoms with Gasteiger partial charge in [0.15, 0.2) is 5.78 Å². The summed E-state index contributed by atoms with van der Waals surface area (Å²) in [6.45, 7) is 3.72. The van der Waals surface area contributed by atoms with Gasteiger partial charge >= 0.3 is 0 Å². The Balaban J connectivity index is 2.29. The minimum absolute atomic E-state index is 0.293. The molecule has 1 aromatic carbocycles. The molecule has 16 heavy (non-hydrogen) atoms. The van der Waals surface area contributed by atoms with Crippen molar-refractivity contribution in [2.75, 3.05) is 20.1 Å². The first kappa shape index (κ1) is 11.1. The monoisotopic (exact) mass is 215 g/mol. The number of hydrogen-bond donors (Lipinski definition) is 0. The van der Waals surface area contributed by atoms with Crippen molar-refractivity contribution < 1.29 is 4.79 Å². The number of ketones is 1. The molecule has 1 aliphatic rings. The Bertz CT molecular complexity index is 434. The lowest BCUT2D eigenvalue weighted by Crippen LogP contribution is -2.32. The largest absolute Gasteiger partial charge is 0.302 e. The van der Waals surface area contributed by atoms with Crippen LogP contribution in [0.3, 0.4) is 0 Å². The van der Waals surface area contributed by atoms with E-state index in [9.17, 15) is 4.79 Å². The van der Waals surface area contributed by atoms with Gasteiger partial charge in [0.2, 0.25) is 0 Å². The Hall–Kier alpha value is -1.41. The van der Waals surface area contributed by atoms with Crippen LogP contribution in [-0.4, -0.2) is 30.8 Å². The summed E-state index contributed by atoms with van der Waals surface area (Å²) in [6, 6.07) is 8.16. The lowest BCUT2D eigenvalue weighted by molar-refractivity contribution is -0.117. The standard InChI is InChI=1S/C14H17NO/c1-11-5-3-4-6-12(11)9-13-10-15(2)8-7-14(13)16/h3-6,9H,7-8,10H2,1-2H3/b13-9+. The first-order valence-electron chi connectivity index (χ1n) is 5.65. The molecule has 1 saturated heterocycles. The van der Waals surface area contributed by atoms with Gasteiger partial charge in [-0.15, -0.1) is 0 Å². The van der Waals surface area contributed by atoms with Crippen LogP contribution >= 0.6 is 0 Å². The molecule has 0 aliphatic carbocycles. The summed E-state index contributed by atoms with van der Waals surface area (Å²) in [5.41, 5.74) is 3.31. The topological polar surface area (TPSA) is 20.3 Å². The second-order valence-corrected chi connectivity index (χ2v) is 4.44. The zero-order valence-electron chi connectivity index (χ0n) is 9.86. The van der Waals surface area contributed by atoms with Crippen LogP contribution in [0.4, 0.5) is 0 Å². The van der Waals surface area contributed by atoms with Crippen molar-refractivity contribution in [2.24, 2.45) is 0 Å². The molecule has 0 radical (unpaired) electrons. The minimum atomic E-state index is 0.293. The van der Waals surface area contributed by atoms with Crippen molar-refractivity contribution >= 4 is 11.9 Å². The van der Waals surface area contributed by atoms with Crippen LogP contribution in [0.2, 0.25) is 0 Å². The van der Waals surface area contributed by atoms with Gasteiger partial charge in [0.05, 0.1) is 0 Å². The number of carbonyl (C=O) groups excluding carboxylic acids is 1. The van der Waals surface area contributed by atoms with Crippen LogP contribution in [0.25, 0.3) is 6.08 Å². The van der Waals surface area contributed by atoms with E-state index in [-0.39, 0.29) is 0 Å². The van der Waals surface area contributed by atoms with Gasteiger partial charge < -0.3 is 4.90 Å². The van der Waals surface area contributed by atoms with Gasteiger partial charge in [-0.05, 0) is 31.2 Å². The van der Waals surface area contributed by atoms with E-state index in [1.807, 2.05) is 18.2 Å². The number of carbonyl (C=O) groups is 1. The fourth-order valence-corrected chi connectivity index (χ4v) is 1.97. The molecule has 0 amide bonds. The van der Waals surface area contributed by atoms with Crippen molar-refractivity contribution in [3.05, 3.63) is 41.0 Å². The number of likely N-dealkylation sites (N-methyl/N-ethyl adjacent to an activating group) is 1. The highest BCUT2D eigenvalue weighted by Crippen LogP contribution is 2.17. The number of rotatable bonds is 1. The molecular formula is C14H17NO. The Morgan fingerprint density at radius 3 is 2.81 bits per heavy atom. The summed E-state index contributed by atoms with van der Waals surface area (Å²) in [7, 11) is 2.05. The van der Waals surface area contributed by atoms with Crippen LogP contribution < -0.4 is 0 Å². The quantitative estimate of drug-likeness (QED) is 0.670. The summed E-state index contributed by atoms with van der Waals surface area (Å²) in [5.74, 6) is 0.293. The number of Topliss-reactive ketones (excluding diaryl/α,β-unsaturated/α-hetero) is 1. The summed E-state index contributed by atoms with van der Waals surface area (Å²) < 4.78 is 0. The van der Waals surface area contributed by atoms with Crippen LogP contribution in [-0.2, 0) is 4.79 Å². The molecule has 2 heteroatoms. The third-order valence-electron chi connectivity index (χ3n) is 3.04. The first-order chi connectivity index (χ1) is 7.66. The molecule has 2 nitrogen and oxygen atoms in total. The van der Waals surface area contributed by atoms with E-state index in [0.29, 0.717) is 12.2 Å². The number of hydrogen-bond acceptors (Lipinski definition) is 2. The molecule has 84 valence electrons.